The van der Waals surface area contributed by atoms with Gasteiger partial charge in [-0.05, 0) is 77.6 Å². The Kier molecular flexibility index (Phi) is 5.77. The van der Waals surface area contributed by atoms with Crippen molar-refractivity contribution in [2.24, 2.45) is 0 Å². The summed E-state index contributed by atoms with van der Waals surface area (Å²) in [7, 11) is 0. The maximum atomic E-state index is 13.8. The molecule has 0 saturated heterocycles. The topological polar surface area (TPSA) is 81.7 Å². The van der Waals surface area contributed by atoms with Gasteiger partial charge in [0.2, 0.25) is 0 Å². The van der Waals surface area contributed by atoms with E-state index in [0.717, 1.165) is 31.8 Å². The number of anilines is 1. The number of halogens is 2. The van der Waals surface area contributed by atoms with E-state index in [9.17, 15) is 4.39 Å². The summed E-state index contributed by atoms with van der Waals surface area (Å²) in [5.74, 6) is 0.934. The zero-order valence-corrected chi connectivity index (χ0v) is 18.1. The first-order valence-corrected chi connectivity index (χ1v) is 10.8. The molecule has 0 bridgehead atoms. The van der Waals surface area contributed by atoms with Crippen molar-refractivity contribution in [1.29, 1.82) is 0 Å². The largest absolute Gasteiger partial charge is 0.382 e. The lowest BCUT2D eigenvalue weighted by Gasteiger charge is -2.12. The van der Waals surface area contributed by atoms with Crippen molar-refractivity contribution in [1.82, 2.24) is 24.8 Å². The number of nitrogens with zero attached hydrogens (tertiary/aromatic N) is 4. The van der Waals surface area contributed by atoms with Crippen LogP contribution in [0.2, 0.25) is 0 Å². The van der Waals surface area contributed by atoms with Gasteiger partial charge < -0.3 is 15.6 Å². The van der Waals surface area contributed by atoms with Crippen LogP contribution in [0.25, 0.3) is 11.2 Å². The van der Waals surface area contributed by atoms with Crippen LogP contribution in [0.5, 0.6) is 0 Å². The van der Waals surface area contributed by atoms with Gasteiger partial charge in [-0.25, -0.2) is 4.98 Å². The van der Waals surface area contributed by atoms with E-state index in [-0.39, 0.29) is 5.82 Å². The van der Waals surface area contributed by atoms with Gasteiger partial charge in [-0.1, -0.05) is 13.0 Å². The number of imidazole rings is 1. The standard InChI is InChI=1S/C20H24FIN6/c1-2-6-24-7-8-28-16(25-17-18(23)26-20(21)27-19(17)28)11-14-9-12-4-3-5-13(12)10-15(14)22/h9-10,24H,2-8,11H2,1H3,(H2,23,26,27). The van der Waals surface area contributed by atoms with Crippen LogP contribution >= 0.6 is 22.6 Å². The van der Waals surface area contributed by atoms with E-state index in [1.807, 2.05) is 4.57 Å². The summed E-state index contributed by atoms with van der Waals surface area (Å²) < 4.78 is 17.0. The van der Waals surface area contributed by atoms with Gasteiger partial charge >= 0.3 is 6.08 Å². The molecule has 0 amide bonds. The highest BCUT2D eigenvalue weighted by Gasteiger charge is 2.19. The zero-order chi connectivity index (χ0) is 19.7. The van der Waals surface area contributed by atoms with Crippen LogP contribution in [0.15, 0.2) is 12.1 Å². The lowest BCUT2D eigenvalue weighted by molar-refractivity contribution is 0.538. The third-order valence-electron chi connectivity index (χ3n) is 5.22. The molecule has 1 aliphatic carbocycles. The smallest absolute Gasteiger partial charge is 0.312 e. The second-order valence-electron chi connectivity index (χ2n) is 7.22. The maximum Gasteiger partial charge on any atom is 0.312 e. The molecule has 0 fully saturated rings. The molecule has 148 valence electrons. The third kappa shape index (κ3) is 3.84. The molecule has 28 heavy (non-hydrogen) atoms. The summed E-state index contributed by atoms with van der Waals surface area (Å²) in [5.41, 5.74) is 11.0. The number of hydrogen-bond acceptors (Lipinski definition) is 5. The summed E-state index contributed by atoms with van der Waals surface area (Å²) in [6, 6.07) is 4.60. The van der Waals surface area contributed by atoms with E-state index in [2.05, 4.69) is 56.9 Å². The van der Waals surface area contributed by atoms with Crippen molar-refractivity contribution >= 4 is 39.6 Å². The van der Waals surface area contributed by atoms with Crippen LogP contribution < -0.4 is 11.1 Å². The molecule has 0 radical (unpaired) electrons. The van der Waals surface area contributed by atoms with Crippen LogP contribution in [0.1, 0.15) is 42.3 Å². The Morgan fingerprint density at radius 2 is 1.96 bits per heavy atom. The Bertz CT molecular complexity index is 1020. The van der Waals surface area contributed by atoms with Gasteiger partial charge in [0.05, 0.1) is 0 Å². The van der Waals surface area contributed by atoms with E-state index in [1.54, 1.807) is 0 Å². The fraction of sp³-hybridized carbons (Fsp3) is 0.450. The second kappa shape index (κ2) is 8.28. The number of hydrogen-bond donors (Lipinski definition) is 2. The SMILES string of the molecule is CCCNCCn1c(Cc2cc3c(cc2I)CCC3)nc2c(N)nc(F)nc21. The summed E-state index contributed by atoms with van der Waals surface area (Å²) in [4.78, 5) is 12.3. The molecule has 0 saturated carbocycles. The molecule has 0 aliphatic heterocycles. The zero-order valence-electron chi connectivity index (χ0n) is 15.9. The van der Waals surface area contributed by atoms with E-state index in [4.69, 9.17) is 10.7 Å². The molecule has 3 aromatic rings. The average molecular weight is 494 g/mol. The molecule has 8 heteroatoms. The van der Waals surface area contributed by atoms with E-state index >= 15 is 0 Å². The molecule has 0 unspecified atom stereocenters. The quantitative estimate of drug-likeness (QED) is 0.300. The van der Waals surface area contributed by atoms with Gasteiger partial charge in [0, 0.05) is 23.1 Å². The van der Waals surface area contributed by atoms with Gasteiger partial charge in [-0.2, -0.15) is 14.4 Å². The predicted octanol–water partition coefficient (Wildman–Crippen LogP) is 3.23. The Morgan fingerprint density at radius 1 is 1.18 bits per heavy atom. The Balaban J connectivity index is 1.72. The molecule has 1 aromatic carbocycles. The van der Waals surface area contributed by atoms with Crippen LogP contribution in [0.3, 0.4) is 0 Å². The fourth-order valence-corrected chi connectivity index (χ4v) is 4.58. The molecule has 2 aromatic heterocycles. The lowest BCUT2D eigenvalue weighted by atomic mass is 10.0. The molecule has 3 N–H and O–H groups in total. The highest BCUT2D eigenvalue weighted by Crippen LogP contribution is 2.29. The van der Waals surface area contributed by atoms with Gasteiger partial charge in [-0.3, -0.25) is 0 Å². The molecule has 2 heterocycles. The molecule has 0 atom stereocenters. The van der Waals surface area contributed by atoms with Crippen molar-refractivity contribution in [3.8, 4) is 0 Å². The maximum absolute atomic E-state index is 13.8. The number of nitrogen functional groups attached to an aromatic ring is 1. The fourth-order valence-electron chi connectivity index (χ4n) is 3.85. The van der Waals surface area contributed by atoms with E-state index in [0.29, 0.717) is 24.1 Å². The van der Waals surface area contributed by atoms with Gasteiger partial charge in [0.25, 0.3) is 0 Å². The van der Waals surface area contributed by atoms with Crippen molar-refractivity contribution < 1.29 is 4.39 Å². The van der Waals surface area contributed by atoms with E-state index in [1.165, 1.54) is 33.1 Å². The minimum atomic E-state index is -0.814. The van der Waals surface area contributed by atoms with Crippen LogP contribution in [-0.2, 0) is 25.8 Å². The van der Waals surface area contributed by atoms with Crippen LogP contribution in [0.4, 0.5) is 10.2 Å². The Labute approximate surface area is 177 Å². The third-order valence-corrected chi connectivity index (χ3v) is 6.23. The normalized spacial score (nSPS) is 13.4. The highest BCUT2D eigenvalue weighted by atomic mass is 127. The Morgan fingerprint density at radius 3 is 2.75 bits per heavy atom. The number of rotatable bonds is 7. The Hall–Kier alpha value is -1.81. The monoisotopic (exact) mass is 494 g/mol. The van der Waals surface area contributed by atoms with Crippen molar-refractivity contribution in [3.05, 3.63) is 44.3 Å². The number of nitrogens with one attached hydrogen (secondary N) is 1. The van der Waals surface area contributed by atoms with Crippen molar-refractivity contribution in [3.63, 3.8) is 0 Å². The average Bonchev–Trinajstić information content (AvgIpc) is 3.24. The van der Waals surface area contributed by atoms with Gasteiger partial charge in [0.15, 0.2) is 17.0 Å². The van der Waals surface area contributed by atoms with Crippen molar-refractivity contribution in [2.75, 3.05) is 18.8 Å². The number of aryl methyl sites for hydroxylation is 2. The number of fused-ring (bicyclic) bond motifs is 2. The summed E-state index contributed by atoms with van der Waals surface area (Å²) in [6.07, 6.45) is 4.44. The molecule has 0 spiro atoms. The predicted molar refractivity (Wildman–Crippen MR) is 117 cm³/mol. The minimum Gasteiger partial charge on any atom is -0.382 e. The lowest BCUT2D eigenvalue weighted by Crippen LogP contribution is -2.22. The minimum absolute atomic E-state index is 0.0904. The second-order valence-corrected chi connectivity index (χ2v) is 8.38. The first-order chi connectivity index (χ1) is 13.6. The van der Waals surface area contributed by atoms with Crippen LogP contribution in [0, 0.1) is 9.65 Å². The van der Waals surface area contributed by atoms with Gasteiger partial charge in [-0.15, -0.1) is 0 Å². The number of benzene rings is 1. The number of aromatic nitrogens is 4. The van der Waals surface area contributed by atoms with Gasteiger partial charge in [0.1, 0.15) is 5.82 Å². The summed E-state index contributed by atoms with van der Waals surface area (Å²) >= 11 is 2.40. The van der Waals surface area contributed by atoms with E-state index < -0.39 is 6.08 Å². The summed E-state index contributed by atoms with van der Waals surface area (Å²) in [5, 5.41) is 3.39. The first kappa shape index (κ1) is 19.5. The number of nitrogens with two attached hydrogens (primary N) is 1. The molecule has 1 aliphatic rings. The molecule has 6 nitrogen and oxygen atoms in total. The molecular formula is C20H24FIN6. The first-order valence-electron chi connectivity index (χ1n) is 9.75. The highest BCUT2D eigenvalue weighted by molar-refractivity contribution is 14.1. The molecular weight excluding hydrogens is 470 g/mol. The summed E-state index contributed by atoms with van der Waals surface area (Å²) in [6.45, 7) is 4.49. The van der Waals surface area contributed by atoms with Crippen molar-refractivity contribution in [2.45, 2.75) is 45.6 Å². The molecule has 4 rings (SSSR count). The van der Waals surface area contributed by atoms with Crippen LogP contribution in [-0.4, -0.2) is 32.6 Å².